The minimum Gasteiger partial charge on any atom is -0.352 e. The van der Waals surface area contributed by atoms with Gasteiger partial charge in [-0.2, -0.15) is 0 Å². The topological polar surface area (TPSA) is 54.0 Å². The zero-order chi connectivity index (χ0) is 17.7. The van der Waals surface area contributed by atoms with E-state index < -0.39 is 17.5 Å². The normalized spacial score (nSPS) is 10.8. The molecule has 1 heterocycles. The van der Waals surface area contributed by atoms with E-state index in [4.69, 9.17) is 0 Å². The predicted octanol–water partition coefficient (Wildman–Crippen LogP) is 4.62. The lowest BCUT2D eigenvalue weighted by Gasteiger charge is -2.13. The lowest BCUT2D eigenvalue weighted by molar-refractivity contribution is -0.120. The molecule has 0 fully saturated rings. The Balaban J connectivity index is 2.07. The van der Waals surface area contributed by atoms with Gasteiger partial charge in [0.2, 0.25) is 5.91 Å². The molecule has 0 spiro atoms. The Kier molecular flexibility index (Phi) is 5.78. The van der Waals surface area contributed by atoms with Crippen molar-refractivity contribution in [1.82, 2.24) is 4.98 Å². The molecule has 4 nitrogen and oxygen atoms in total. The molecule has 0 saturated heterocycles. The van der Waals surface area contributed by atoms with Crippen molar-refractivity contribution < 1.29 is 18.0 Å². The standard InChI is InChI=1S/C17H18F3N3O/c1-3-10(4-2)17(24)23-14-8-5-11(9-21-14)22-13-7-6-12(18)15(19)16(13)20/h5-10,22H,3-4H2,1-2H3,(H,21,23,24). The second-order valence-corrected chi connectivity index (χ2v) is 5.28. The molecule has 128 valence electrons. The largest absolute Gasteiger partial charge is 0.352 e. The van der Waals surface area contributed by atoms with E-state index in [9.17, 15) is 18.0 Å². The Bertz CT molecular complexity index is 716. The first-order chi connectivity index (χ1) is 11.5. The van der Waals surface area contributed by atoms with E-state index in [0.29, 0.717) is 11.5 Å². The van der Waals surface area contributed by atoms with Gasteiger partial charge >= 0.3 is 0 Å². The minimum absolute atomic E-state index is 0.0825. The number of rotatable bonds is 6. The average Bonchev–Trinajstić information content (AvgIpc) is 2.58. The highest BCUT2D eigenvalue weighted by atomic mass is 19.2. The van der Waals surface area contributed by atoms with Crippen molar-refractivity contribution in [2.24, 2.45) is 5.92 Å². The van der Waals surface area contributed by atoms with Crippen LogP contribution in [-0.4, -0.2) is 10.9 Å². The van der Waals surface area contributed by atoms with Crippen LogP contribution in [0.25, 0.3) is 0 Å². The molecule has 0 aliphatic carbocycles. The summed E-state index contributed by atoms with van der Waals surface area (Å²) in [6.07, 6.45) is 2.83. The summed E-state index contributed by atoms with van der Waals surface area (Å²) in [5.74, 6) is -3.93. The monoisotopic (exact) mass is 337 g/mol. The molecular formula is C17H18F3N3O. The Labute approximate surface area is 138 Å². The smallest absolute Gasteiger partial charge is 0.228 e. The van der Waals surface area contributed by atoms with Crippen LogP contribution in [-0.2, 0) is 4.79 Å². The Morgan fingerprint density at radius 1 is 1.08 bits per heavy atom. The number of aromatic nitrogens is 1. The van der Waals surface area contributed by atoms with Gasteiger partial charge in [0, 0.05) is 5.92 Å². The van der Waals surface area contributed by atoms with Crippen LogP contribution in [0.2, 0.25) is 0 Å². The minimum atomic E-state index is -1.54. The van der Waals surface area contributed by atoms with Crippen molar-refractivity contribution in [2.75, 3.05) is 10.6 Å². The predicted molar refractivity (Wildman–Crippen MR) is 86.5 cm³/mol. The number of halogens is 3. The Morgan fingerprint density at radius 2 is 1.79 bits per heavy atom. The quantitative estimate of drug-likeness (QED) is 0.757. The number of anilines is 3. The molecular weight excluding hydrogens is 319 g/mol. The van der Waals surface area contributed by atoms with Crippen LogP contribution < -0.4 is 10.6 Å². The first-order valence-corrected chi connectivity index (χ1v) is 7.63. The zero-order valence-corrected chi connectivity index (χ0v) is 13.4. The maximum absolute atomic E-state index is 13.6. The van der Waals surface area contributed by atoms with Crippen molar-refractivity contribution in [1.29, 1.82) is 0 Å². The lowest BCUT2D eigenvalue weighted by atomic mass is 10.0. The van der Waals surface area contributed by atoms with Gasteiger partial charge in [0.25, 0.3) is 0 Å². The number of amides is 1. The summed E-state index contributed by atoms with van der Waals surface area (Å²) in [6, 6.07) is 5.02. The summed E-state index contributed by atoms with van der Waals surface area (Å²) in [6.45, 7) is 3.87. The maximum atomic E-state index is 13.6. The van der Waals surface area contributed by atoms with Crippen molar-refractivity contribution in [2.45, 2.75) is 26.7 Å². The molecule has 2 rings (SSSR count). The average molecular weight is 337 g/mol. The van der Waals surface area contributed by atoms with E-state index in [1.54, 1.807) is 12.1 Å². The number of pyridine rings is 1. The fourth-order valence-electron chi connectivity index (χ4n) is 2.21. The summed E-state index contributed by atoms with van der Waals surface area (Å²) >= 11 is 0. The van der Waals surface area contributed by atoms with Crippen molar-refractivity contribution in [3.05, 3.63) is 47.9 Å². The fraction of sp³-hybridized carbons (Fsp3) is 0.294. The maximum Gasteiger partial charge on any atom is 0.228 e. The van der Waals surface area contributed by atoms with E-state index >= 15 is 0 Å². The van der Waals surface area contributed by atoms with Crippen LogP contribution in [0.4, 0.5) is 30.4 Å². The van der Waals surface area contributed by atoms with Crippen LogP contribution in [0.5, 0.6) is 0 Å². The summed E-state index contributed by atoms with van der Waals surface area (Å²) in [5, 5.41) is 5.31. The fourth-order valence-corrected chi connectivity index (χ4v) is 2.21. The van der Waals surface area contributed by atoms with Crippen LogP contribution in [0.3, 0.4) is 0 Å². The van der Waals surface area contributed by atoms with E-state index in [1.807, 2.05) is 13.8 Å². The van der Waals surface area contributed by atoms with Gasteiger partial charge in [0.1, 0.15) is 5.82 Å². The van der Waals surface area contributed by atoms with E-state index in [0.717, 1.165) is 25.0 Å². The van der Waals surface area contributed by atoms with Crippen molar-refractivity contribution in [3.63, 3.8) is 0 Å². The van der Waals surface area contributed by atoms with Gasteiger partial charge in [0.15, 0.2) is 17.5 Å². The molecule has 2 aromatic rings. The van der Waals surface area contributed by atoms with Crippen molar-refractivity contribution >= 4 is 23.1 Å². The van der Waals surface area contributed by atoms with Gasteiger partial charge in [-0.1, -0.05) is 13.8 Å². The SMILES string of the molecule is CCC(CC)C(=O)Nc1ccc(Nc2ccc(F)c(F)c2F)cn1. The number of benzene rings is 1. The van der Waals surface area contributed by atoms with E-state index in [2.05, 4.69) is 15.6 Å². The molecule has 0 saturated carbocycles. The number of carbonyl (C=O) groups excluding carboxylic acids is 1. The Hall–Kier alpha value is -2.57. The zero-order valence-electron chi connectivity index (χ0n) is 13.4. The highest BCUT2D eigenvalue weighted by molar-refractivity contribution is 5.91. The number of hydrogen-bond donors (Lipinski definition) is 2. The third-order valence-corrected chi connectivity index (χ3v) is 3.69. The van der Waals surface area contributed by atoms with Crippen LogP contribution in [0.15, 0.2) is 30.5 Å². The molecule has 0 unspecified atom stereocenters. The molecule has 0 atom stereocenters. The summed E-state index contributed by atoms with van der Waals surface area (Å²) in [4.78, 5) is 16.0. The first kappa shape index (κ1) is 17.8. The molecule has 24 heavy (non-hydrogen) atoms. The van der Waals surface area contributed by atoms with Crippen LogP contribution >= 0.6 is 0 Å². The van der Waals surface area contributed by atoms with E-state index in [1.165, 1.54) is 6.20 Å². The third kappa shape index (κ3) is 4.04. The highest BCUT2D eigenvalue weighted by Gasteiger charge is 2.15. The van der Waals surface area contributed by atoms with Crippen LogP contribution in [0, 0.1) is 23.4 Å². The molecule has 1 amide bonds. The molecule has 0 aliphatic heterocycles. The second-order valence-electron chi connectivity index (χ2n) is 5.28. The molecule has 2 N–H and O–H groups in total. The number of nitrogens with zero attached hydrogens (tertiary/aromatic N) is 1. The number of carbonyl (C=O) groups is 1. The van der Waals surface area contributed by atoms with Gasteiger partial charge in [-0.3, -0.25) is 4.79 Å². The molecule has 0 bridgehead atoms. The van der Waals surface area contributed by atoms with E-state index in [-0.39, 0.29) is 17.5 Å². The summed E-state index contributed by atoms with van der Waals surface area (Å²) in [5.41, 5.74) is 0.171. The Morgan fingerprint density at radius 3 is 2.38 bits per heavy atom. The van der Waals surface area contributed by atoms with Gasteiger partial charge in [-0.05, 0) is 37.1 Å². The number of nitrogens with one attached hydrogen (secondary N) is 2. The molecule has 1 aromatic heterocycles. The van der Waals surface area contributed by atoms with Gasteiger partial charge in [-0.25, -0.2) is 18.2 Å². The van der Waals surface area contributed by atoms with Crippen LogP contribution in [0.1, 0.15) is 26.7 Å². The van der Waals surface area contributed by atoms with Crippen molar-refractivity contribution in [3.8, 4) is 0 Å². The highest BCUT2D eigenvalue weighted by Crippen LogP contribution is 2.23. The molecule has 0 aliphatic rings. The summed E-state index contributed by atoms with van der Waals surface area (Å²) < 4.78 is 39.7. The molecule has 1 aromatic carbocycles. The molecule has 7 heteroatoms. The second kappa shape index (κ2) is 7.81. The first-order valence-electron chi connectivity index (χ1n) is 7.63. The van der Waals surface area contributed by atoms with Gasteiger partial charge in [-0.15, -0.1) is 0 Å². The number of hydrogen-bond acceptors (Lipinski definition) is 3. The lowest BCUT2D eigenvalue weighted by Crippen LogP contribution is -2.22. The molecule has 0 radical (unpaired) electrons. The third-order valence-electron chi connectivity index (χ3n) is 3.69. The van der Waals surface area contributed by atoms with Gasteiger partial charge in [0.05, 0.1) is 17.6 Å². The van der Waals surface area contributed by atoms with Gasteiger partial charge < -0.3 is 10.6 Å². The summed E-state index contributed by atoms with van der Waals surface area (Å²) in [7, 11) is 0.